The first-order valence-electron chi connectivity index (χ1n) is 12.5. The zero-order valence-corrected chi connectivity index (χ0v) is 21.6. The fourth-order valence-electron chi connectivity index (χ4n) is 5.17. The average molecular weight is 506 g/mol. The molecule has 2 aliphatic heterocycles. The van der Waals surface area contributed by atoms with Crippen molar-refractivity contribution in [3.05, 3.63) is 82.4 Å². The van der Waals surface area contributed by atoms with Gasteiger partial charge in [-0.05, 0) is 92.4 Å². The monoisotopic (exact) mass is 505 g/mol. The van der Waals surface area contributed by atoms with Crippen molar-refractivity contribution in [2.75, 3.05) is 19.7 Å². The highest BCUT2D eigenvalue weighted by Gasteiger charge is 2.31. The maximum Gasteiger partial charge on any atom is 0.150 e. The van der Waals surface area contributed by atoms with E-state index in [0.717, 1.165) is 52.6 Å². The van der Waals surface area contributed by atoms with E-state index >= 15 is 0 Å². The number of halogens is 1. The fourth-order valence-corrected chi connectivity index (χ4v) is 5.45. The molecule has 5 rings (SSSR count). The van der Waals surface area contributed by atoms with Crippen LogP contribution in [0.3, 0.4) is 0 Å². The van der Waals surface area contributed by atoms with E-state index in [2.05, 4.69) is 18.7 Å². The van der Waals surface area contributed by atoms with Crippen molar-refractivity contribution in [3.63, 3.8) is 0 Å². The van der Waals surface area contributed by atoms with E-state index in [-0.39, 0.29) is 11.5 Å². The standard InChI is InChI=1S/C30H32ClNO4/c1-18-12-13-32(16-18)19(2)17-35-24-8-4-21(5-9-24)30-29(25-10-6-23(34)15-27(25)31)20(3)26-14-22(33)7-11-28(26)36-30/h4-11,14-15,18-19,30,33-34H,12-13,16-17H2,1-3H3. The van der Waals surface area contributed by atoms with Crippen LogP contribution in [0.1, 0.15) is 50.0 Å². The van der Waals surface area contributed by atoms with Crippen molar-refractivity contribution in [2.24, 2.45) is 5.92 Å². The molecule has 2 N–H and O–H groups in total. The number of phenolic OH excluding ortho intramolecular Hbond substituents is 2. The molecule has 6 heteroatoms. The van der Waals surface area contributed by atoms with Gasteiger partial charge in [-0.3, -0.25) is 4.90 Å². The molecule has 0 spiro atoms. The minimum absolute atomic E-state index is 0.104. The highest BCUT2D eigenvalue weighted by atomic mass is 35.5. The second-order valence-corrected chi connectivity index (χ2v) is 10.4. The molecule has 3 unspecified atom stereocenters. The van der Waals surface area contributed by atoms with Gasteiger partial charge in [-0.1, -0.05) is 30.7 Å². The molecule has 0 aromatic heterocycles. The summed E-state index contributed by atoms with van der Waals surface area (Å²) in [5, 5.41) is 20.4. The second-order valence-electron chi connectivity index (χ2n) is 10.00. The van der Waals surface area contributed by atoms with E-state index in [1.54, 1.807) is 30.3 Å². The van der Waals surface area contributed by atoms with Crippen LogP contribution in [0.15, 0.2) is 60.7 Å². The predicted molar refractivity (Wildman–Crippen MR) is 144 cm³/mol. The second kappa shape index (κ2) is 10.1. The molecule has 0 aliphatic carbocycles. The van der Waals surface area contributed by atoms with Crippen molar-refractivity contribution in [3.8, 4) is 23.0 Å². The summed E-state index contributed by atoms with van der Waals surface area (Å²) in [5.41, 5.74) is 4.40. The number of hydrogen-bond acceptors (Lipinski definition) is 5. The molecule has 0 amide bonds. The third-order valence-corrected chi connectivity index (χ3v) is 7.59. The highest BCUT2D eigenvalue weighted by molar-refractivity contribution is 6.33. The molecule has 5 nitrogen and oxygen atoms in total. The summed E-state index contributed by atoms with van der Waals surface area (Å²) in [6, 6.07) is 18.5. The molecular weight excluding hydrogens is 474 g/mol. The van der Waals surface area contributed by atoms with Gasteiger partial charge in [-0.2, -0.15) is 0 Å². The molecule has 3 atom stereocenters. The van der Waals surface area contributed by atoms with Crippen molar-refractivity contribution in [1.82, 2.24) is 4.90 Å². The van der Waals surface area contributed by atoms with Gasteiger partial charge in [0, 0.05) is 29.3 Å². The van der Waals surface area contributed by atoms with Crippen LogP contribution < -0.4 is 9.47 Å². The van der Waals surface area contributed by atoms with E-state index in [1.165, 1.54) is 12.5 Å². The van der Waals surface area contributed by atoms with Gasteiger partial charge in [-0.15, -0.1) is 0 Å². The van der Waals surface area contributed by atoms with Crippen LogP contribution in [-0.4, -0.2) is 40.9 Å². The maximum absolute atomic E-state index is 10.1. The Hall–Kier alpha value is -3.15. The third-order valence-electron chi connectivity index (χ3n) is 7.27. The van der Waals surface area contributed by atoms with Crippen LogP contribution >= 0.6 is 11.6 Å². The summed E-state index contributed by atoms with van der Waals surface area (Å²) in [6.07, 6.45) is 0.840. The minimum atomic E-state index is -0.414. The molecular formula is C30H32ClNO4. The van der Waals surface area contributed by atoms with Gasteiger partial charge >= 0.3 is 0 Å². The van der Waals surface area contributed by atoms with Crippen LogP contribution in [0.5, 0.6) is 23.0 Å². The molecule has 3 aromatic rings. The van der Waals surface area contributed by atoms with Crippen LogP contribution in [0.25, 0.3) is 11.1 Å². The summed E-state index contributed by atoms with van der Waals surface area (Å²) in [4.78, 5) is 2.49. The average Bonchev–Trinajstić information content (AvgIpc) is 3.30. The zero-order chi connectivity index (χ0) is 25.4. The summed E-state index contributed by atoms with van der Waals surface area (Å²) >= 11 is 6.58. The Morgan fingerprint density at radius 3 is 2.44 bits per heavy atom. The predicted octanol–water partition coefficient (Wildman–Crippen LogP) is 6.92. The fraction of sp³-hybridized carbons (Fsp3) is 0.333. The number of phenols is 2. The molecule has 36 heavy (non-hydrogen) atoms. The largest absolute Gasteiger partial charge is 0.508 e. The van der Waals surface area contributed by atoms with Gasteiger partial charge in [0.05, 0.1) is 5.02 Å². The molecule has 2 aliphatic rings. The first-order chi connectivity index (χ1) is 17.3. The zero-order valence-electron chi connectivity index (χ0n) is 20.9. The SMILES string of the molecule is CC1=C(c2ccc(O)cc2Cl)C(c2ccc(OCC(C)N3CCC(C)C3)cc2)Oc2ccc(O)cc21. The lowest BCUT2D eigenvalue weighted by atomic mass is 9.86. The molecule has 0 bridgehead atoms. The Labute approximate surface area is 217 Å². The molecule has 3 aromatic carbocycles. The topological polar surface area (TPSA) is 62.2 Å². The van der Waals surface area contributed by atoms with E-state index < -0.39 is 6.10 Å². The van der Waals surface area contributed by atoms with Crippen LogP contribution in [0.4, 0.5) is 0 Å². The van der Waals surface area contributed by atoms with Gasteiger partial charge < -0.3 is 19.7 Å². The Morgan fingerprint density at radius 1 is 1.03 bits per heavy atom. The van der Waals surface area contributed by atoms with Gasteiger partial charge in [-0.25, -0.2) is 0 Å². The number of fused-ring (bicyclic) bond motifs is 1. The van der Waals surface area contributed by atoms with Crippen LogP contribution in [0.2, 0.25) is 5.02 Å². The number of hydrogen-bond donors (Lipinski definition) is 2. The van der Waals surface area contributed by atoms with E-state index in [9.17, 15) is 10.2 Å². The lowest BCUT2D eigenvalue weighted by Crippen LogP contribution is -2.35. The van der Waals surface area contributed by atoms with Gasteiger partial charge in [0.25, 0.3) is 0 Å². The summed E-state index contributed by atoms with van der Waals surface area (Å²) < 4.78 is 12.6. The molecule has 0 radical (unpaired) electrons. The smallest absolute Gasteiger partial charge is 0.150 e. The van der Waals surface area contributed by atoms with Crippen molar-refractivity contribution < 1.29 is 19.7 Å². The third kappa shape index (κ3) is 4.91. The lowest BCUT2D eigenvalue weighted by Gasteiger charge is -2.31. The first kappa shape index (κ1) is 24.5. The lowest BCUT2D eigenvalue weighted by molar-refractivity contribution is 0.169. The molecule has 1 saturated heterocycles. The Bertz CT molecular complexity index is 1290. The minimum Gasteiger partial charge on any atom is -0.508 e. The van der Waals surface area contributed by atoms with Crippen molar-refractivity contribution in [1.29, 1.82) is 0 Å². The summed E-state index contributed by atoms with van der Waals surface area (Å²) in [5.74, 6) is 2.55. The Balaban J connectivity index is 1.43. The summed E-state index contributed by atoms with van der Waals surface area (Å²) in [6.45, 7) is 9.45. The Morgan fingerprint density at radius 2 is 1.75 bits per heavy atom. The van der Waals surface area contributed by atoms with E-state index in [0.29, 0.717) is 23.4 Å². The normalized spacial score (nSPS) is 20.7. The van der Waals surface area contributed by atoms with Gasteiger partial charge in [0.15, 0.2) is 0 Å². The molecule has 1 fully saturated rings. The molecule has 2 heterocycles. The number of likely N-dealkylation sites (tertiary alicyclic amines) is 1. The number of benzene rings is 3. The number of nitrogens with zero attached hydrogens (tertiary/aromatic N) is 1. The van der Waals surface area contributed by atoms with E-state index in [1.807, 2.05) is 31.2 Å². The quantitative estimate of drug-likeness (QED) is 0.380. The van der Waals surface area contributed by atoms with Crippen LogP contribution in [0, 0.1) is 5.92 Å². The Kier molecular flexibility index (Phi) is 6.87. The number of aromatic hydroxyl groups is 2. The van der Waals surface area contributed by atoms with Gasteiger partial charge in [0.2, 0.25) is 0 Å². The van der Waals surface area contributed by atoms with E-state index in [4.69, 9.17) is 21.1 Å². The highest BCUT2D eigenvalue weighted by Crippen LogP contribution is 2.49. The molecule has 188 valence electrons. The van der Waals surface area contributed by atoms with Crippen molar-refractivity contribution in [2.45, 2.75) is 39.3 Å². The summed E-state index contributed by atoms with van der Waals surface area (Å²) in [7, 11) is 0. The number of rotatable bonds is 6. The van der Waals surface area contributed by atoms with Gasteiger partial charge in [0.1, 0.15) is 35.7 Å². The first-order valence-corrected chi connectivity index (χ1v) is 12.8. The number of allylic oxidation sites excluding steroid dienone is 1. The molecule has 0 saturated carbocycles. The maximum atomic E-state index is 10.1. The van der Waals surface area contributed by atoms with Crippen LogP contribution in [-0.2, 0) is 0 Å². The van der Waals surface area contributed by atoms with Crippen molar-refractivity contribution >= 4 is 22.7 Å². The number of ether oxygens (including phenoxy) is 2.